The fraction of sp³-hybridized carbons (Fsp3) is 0.476. The smallest absolute Gasteiger partial charge is 0.253 e. The highest BCUT2D eigenvalue weighted by molar-refractivity contribution is 5.94. The molecule has 0 bridgehead atoms. The number of aryl methyl sites for hydroxylation is 2. The summed E-state index contributed by atoms with van der Waals surface area (Å²) < 4.78 is 10.9. The average Bonchev–Trinajstić information content (AvgIpc) is 3.02. The van der Waals surface area contributed by atoms with Crippen LogP contribution in [0.15, 0.2) is 28.8 Å². The number of ether oxygens (including phenoxy) is 1. The number of hydrogen-bond donors (Lipinski definition) is 1. The van der Waals surface area contributed by atoms with Gasteiger partial charge in [-0.1, -0.05) is 5.16 Å². The fourth-order valence-corrected chi connectivity index (χ4v) is 3.57. The Hall–Kier alpha value is -2.83. The van der Waals surface area contributed by atoms with Gasteiger partial charge in [0.2, 0.25) is 5.91 Å². The van der Waals surface area contributed by atoms with Crippen LogP contribution in [0, 0.1) is 19.8 Å². The Bertz CT molecular complexity index is 809. The number of aromatic nitrogens is 1. The second kappa shape index (κ2) is 8.91. The van der Waals surface area contributed by atoms with Crippen LogP contribution in [-0.4, -0.2) is 35.0 Å². The number of benzene rings is 1. The van der Waals surface area contributed by atoms with Crippen LogP contribution in [-0.2, 0) is 11.4 Å². The van der Waals surface area contributed by atoms with E-state index in [9.17, 15) is 9.59 Å². The van der Waals surface area contributed by atoms with Crippen molar-refractivity contribution in [2.45, 2.75) is 46.1 Å². The summed E-state index contributed by atoms with van der Waals surface area (Å²) in [6.07, 6.45) is 3.11. The van der Waals surface area contributed by atoms with Crippen molar-refractivity contribution >= 4 is 11.8 Å². The average molecular weight is 385 g/mol. The van der Waals surface area contributed by atoms with Gasteiger partial charge >= 0.3 is 0 Å². The van der Waals surface area contributed by atoms with Gasteiger partial charge in [-0.25, -0.2) is 0 Å². The summed E-state index contributed by atoms with van der Waals surface area (Å²) in [6.45, 7) is 5.54. The lowest BCUT2D eigenvalue weighted by molar-refractivity contribution is -0.118. The number of hydrogen-bond acceptors (Lipinski definition) is 5. The summed E-state index contributed by atoms with van der Waals surface area (Å²) >= 11 is 0. The highest BCUT2D eigenvalue weighted by Crippen LogP contribution is 2.23. The maximum Gasteiger partial charge on any atom is 0.253 e. The molecule has 1 aliphatic heterocycles. The molecule has 2 N–H and O–H groups in total. The molecule has 1 unspecified atom stereocenters. The lowest BCUT2D eigenvalue weighted by atomic mass is 9.93. The van der Waals surface area contributed by atoms with Crippen molar-refractivity contribution in [2.75, 3.05) is 13.1 Å². The minimum Gasteiger partial charge on any atom is -0.489 e. The van der Waals surface area contributed by atoms with Gasteiger partial charge in [0.05, 0.1) is 11.3 Å². The molecule has 0 saturated carbocycles. The minimum atomic E-state index is -0.282. The Kier molecular flexibility index (Phi) is 6.34. The lowest BCUT2D eigenvalue weighted by Gasteiger charge is -2.32. The van der Waals surface area contributed by atoms with Crippen LogP contribution < -0.4 is 10.5 Å². The van der Waals surface area contributed by atoms with Crippen molar-refractivity contribution < 1.29 is 18.8 Å². The molecule has 2 heterocycles. The van der Waals surface area contributed by atoms with Crippen molar-refractivity contribution in [2.24, 2.45) is 11.7 Å². The lowest BCUT2D eigenvalue weighted by Crippen LogP contribution is -2.40. The number of amides is 2. The Morgan fingerprint density at radius 3 is 2.68 bits per heavy atom. The Labute approximate surface area is 164 Å². The van der Waals surface area contributed by atoms with Gasteiger partial charge in [-0.05, 0) is 63.3 Å². The zero-order chi connectivity index (χ0) is 20.1. The topological polar surface area (TPSA) is 98.7 Å². The molecule has 2 amide bonds. The van der Waals surface area contributed by atoms with E-state index in [0.717, 1.165) is 42.8 Å². The van der Waals surface area contributed by atoms with Crippen molar-refractivity contribution in [1.29, 1.82) is 0 Å². The van der Waals surface area contributed by atoms with Crippen LogP contribution in [0.4, 0.5) is 0 Å². The van der Waals surface area contributed by atoms with Crippen LogP contribution in [0.3, 0.4) is 0 Å². The van der Waals surface area contributed by atoms with Crippen LogP contribution >= 0.6 is 0 Å². The quantitative estimate of drug-likeness (QED) is 0.790. The predicted octanol–water partition coefficient (Wildman–Crippen LogP) is 2.99. The molecule has 2 aromatic rings. The zero-order valence-electron chi connectivity index (χ0n) is 16.4. The first-order chi connectivity index (χ1) is 13.4. The molecule has 0 spiro atoms. The van der Waals surface area contributed by atoms with Gasteiger partial charge in [0.1, 0.15) is 18.1 Å². The van der Waals surface area contributed by atoms with Crippen LogP contribution in [0.1, 0.15) is 53.1 Å². The summed E-state index contributed by atoms with van der Waals surface area (Å²) in [4.78, 5) is 25.7. The molecule has 1 aromatic carbocycles. The first kappa shape index (κ1) is 19.9. The van der Waals surface area contributed by atoms with E-state index in [0.29, 0.717) is 36.8 Å². The Balaban J connectivity index is 1.56. The van der Waals surface area contributed by atoms with E-state index in [-0.39, 0.29) is 11.8 Å². The number of nitrogens with two attached hydrogens (primary N) is 1. The van der Waals surface area contributed by atoms with Crippen molar-refractivity contribution in [1.82, 2.24) is 10.1 Å². The number of carbonyl (C=O) groups is 2. The van der Waals surface area contributed by atoms with Crippen LogP contribution in [0.2, 0.25) is 0 Å². The fourth-order valence-electron chi connectivity index (χ4n) is 3.57. The molecule has 0 radical (unpaired) electrons. The summed E-state index contributed by atoms with van der Waals surface area (Å²) in [5, 5.41) is 3.92. The Morgan fingerprint density at radius 1 is 1.29 bits per heavy atom. The van der Waals surface area contributed by atoms with E-state index in [1.165, 1.54) is 0 Å². The third-order valence-corrected chi connectivity index (χ3v) is 5.27. The standard InChI is InChI=1S/C21H27N3O4/c1-14-19(15(2)28-23-14)13-27-18-8-6-17(7-9-18)21(26)24-11-3-4-16(12-24)5-10-20(22)25/h6-9,16H,3-5,10-13H2,1-2H3,(H2,22,25). The predicted molar refractivity (Wildman–Crippen MR) is 104 cm³/mol. The van der Waals surface area contributed by atoms with E-state index in [2.05, 4.69) is 5.16 Å². The molecule has 1 saturated heterocycles. The van der Waals surface area contributed by atoms with Gasteiger partial charge in [0, 0.05) is 25.1 Å². The summed E-state index contributed by atoms with van der Waals surface area (Å²) in [6, 6.07) is 7.19. The van der Waals surface area contributed by atoms with Crippen LogP contribution in [0.25, 0.3) is 0 Å². The van der Waals surface area contributed by atoms with Gasteiger partial charge in [0.15, 0.2) is 0 Å². The van der Waals surface area contributed by atoms with Gasteiger partial charge in [-0.15, -0.1) is 0 Å². The number of piperidine rings is 1. The largest absolute Gasteiger partial charge is 0.489 e. The van der Waals surface area contributed by atoms with E-state index in [1.807, 2.05) is 18.7 Å². The molecule has 3 rings (SSSR count). The van der Waals surface area contributed by atoms with Crippen molar-refractivity contribution in [3.63, 3.8) is 0 Å². The van der Waals surface area contributed by atoms with Crippen molar-refractivity contribution in [3.05, 3.63) is 46.8 Å². The van der Waals surface area contributed by atoms with Gasteiger partial charge in [-0.3, -0.25) is 9.59 Å². The molecule has 1 aromatic heterocycles. The molecular formula is C21H27N3O4. The minimum absolute atomic E-state index is 0.0149. The monoisotopic (exact) mass is 385 g/mol. The molecule has 7 nitrogen and oxygen atoms in total. The third kappa shape index (κ3) is 4.91. The molecule has 1 fully saturated rings. The first-order valence-electron chi connectivity index (χ1n) is 9.66. The number of carbonyl (C=O) groups excluding carboxylic acids is 2. The van der Waals surface area contributed by atoms with Gasteiger partial charge in [0.25, 0.3) is 5.91 Å². The van der Waals surface area contributed by atoms with Crippen LogP contribution in [0.5, 0.6) is 5.75 Å². The number of nitrogens with zero attached hydrogens (tertiary/aromatic N) is 2. The van der Waals surface area contributed by atoms with E-state index in [4.69, 9.17) is 15.0 Å². The third-order valence-electron chi connectivity index (χ3n) is 5.27. The molecule has 1 atom stereocenters. The number of likely N-dealkylation sites (tertiary alicyclic amines) is 1. The molecular weight excluding hydrogens is 358 g/mol. The first-order valence-corrected chi connectivity index (χ1v) is 9.66. The molecule has 0 aliphatic carbocycles. The Morgan fingerprint density at radius 2 is 2.04 bits per heavy atom. The molecule has 150 valence electrons. The second-order valence-electron chi connectivity index (χ2n) is 7.38. The maximum absolute atomic E-state index is 12.8. The van der Waals surface area contributed by atoms with E-state index >= 15 is 0 Å². The van der Waals surface area contributed by atoms with Gasteiger partial charge in [-0.2, -0.15) is 0 Å². The summed E-state index contributed by atoms with van der Waals surface area (Å²) in [5.41, 5.74) is 7.64. The van der Waals surface area contributed by atoms with E-state index in [1.54, 1.807) is 24.3 Å². The number of primary amides is 1. The summed E-state index contributed by atoms with van der Waals surface area (Å²) in [7, 11) is 0. The zero-order valence-corrected chi connectivity index (χ0v) is 16.4. The molecule has 28 heavy (non-hydrogen) atoms. The molecule has 1 aliphatic rings. The number of rotatable bonds is 7. The SMILES string of the molecule is Cc1noc(C)c1COc1ccc(C(=O)N2CCCC(CCC(N)=O)C2)cc1. The highest BCUT2D eigenvalue weighted by atomic mass is 16.5. The molecule has 7 heteroatoms. The highest BCUT2D eigenvalue weighted by Gasteiger charge is 2.24. The second-order valence-corrected chi connectivity index (χ2v) is 7.38. The van der Waals surface area contributed by atoms with E-state index < -0.39 is 0 Å². The maximum atomic E-state index is 12.8. The van der Waals surface area contributed by atoms with Gasteiger partial charge < -0.3 is 19.9 Å². The summed E-state index contributed by atoms with van der Waals surface area (Å²) in [5.74, 6) is 1.51. The van der Waals surface area contributed by atoms with Crippen molar-refractivity contribution in [3.8, 4) is 5.75 Å². The normalized spacial score (nSPS) is 16.8.